The van der Waals surface area contributed by atoms with Crippen molar-refractivity contribution in [3.8, 4) is 0 Å². The molecule has 1 unspecified atom stereocenters. The second kappa shape index (κ2) is 7.44. The molecular formula is C19H18F5NO2S. The van der Waals surface area contributed by atoms with Crippen molar-refractivity contribution in [1.82, 2.24) is 4.31 Å². The molecule has 28 heavy (non-hydrogen) atoms. The first-order valence-electron chi connectivity index (χ1n) is 8.72. The molecule has 0 heterocycles. The summed E-state index contributed by atoms with van der Waals surface area (Å²) in [7, 11) is -4.99. The van der Waals surface area contributed by atoms with Crippen molar-refractivity contribution in [3.63, 3.8) is 0 Å². The molecule has 3 nitrogen and oxygen atoms in total. The Bertz CT molecular complexity index is 975. The summed E-state index contributed by atoms with van der Waals surface area (Å²) >= 11 is 0. The van der Waals surface area contributed by atoms with E-state index in [1.807, 2.05) is 6.92 Å². The molecule has 0 saturated heterocycles. The molecule has 3 rings (SSSR count). The average Bonchev–Trinajstić information content (AvgIpc) is 3.48. The van der Waals surface area contributed by atoms with Crippen LogP contribution in [0.1, 0.15) is 43.4 Å². The number of hydrogen-bond donors (Lipinski definition) is 0. The van der Waals surface area contributed by atoms with E-state index in [9.17, 15) is 30.4 Å². The maximum absolute atomic E-state index is 14.2. The van der Waals surface area contributed by atoms with E-state index >= 15 is 0 Å². The molecule has 0 spiro atoms. The number of sulfonamides is 1. The van der Waals surface area contributed by atoms with Crippen LogP contribution in [-0.2, 0) is 10.0 Å². The maximum atomic E-state index is 14.2. The zero-order valence-electron chi connectivity index (χ0n) is 15.1. The Hall–Kier alpha value is -2.00. The van der Waals surface area contributed by atoms with Crippen molar-refractivity contribution in [1.29, 1.82) is 0 Å². The zero-order valence-corrected chi connectivity index (χ0v) is 16.0. The van der Waals surface area contributed by atoms with Crippen LogP contribution in [-0.4, -0.2) is 18.8 Å². The van der Waals surface area contributed by atoms with E-state index in [-0.39, 0.29) is 6.42 Å². The van der Waals surface area contributed by atoms with Gasteiger partial charge in [0.1, 0.15) is 0 Å². The van der Waals surface area contributed by atoms with Crippen LogP contribution in [0, 0.1) is 36.0 Å². The van der Waals surface area contributed by atoms with Crippen LogP contribution in [0.4, 0.5) is 22.0 Å². The minimum atomic E-state index is -4.99. The summed E-state index contributed by atoms with van der Waals surface area (Å²) in [5.74, 6) is -11.6. The first-order chi connectivity index (χ1) is 13.1. The molecule has 9 heteroatoms. The standard InChI is InChI=1S/C19H18F5NO2S/c1-3-13(11-6-4-10(2)5-7-11)25(12-8-9-12)28(26,27)19-17(23)15(21)14(20)16(22)18(19)24/h4-7,12-13H,3,8-9H2,1-2H3. The minimum absolute atomic E-state index is 0.258. The Labute approximate surface area is 159 Å². The van der Waals surface area contributed by atoms with Gasteiger partial charge in [-0.1, -0.05) is 36.8 Å². The lowest BCUT2D eigenvalue weighted by atomic mass is 10.0. The summed E-state index contributed by atoms with van der Waals surface area (Å²) in [5.41, 5.74) is 1.51. The molecule has 2 aromatic carbocycles. The Morgan fingerprint density at radius 1 is 0.929 bits per heavy atom. The normalized spacial score (nSPS) is 15.9. The fraction of sp³-hybridized carbons (Fsp3) is 0.368. The summed E-state index contributed by atoms with van der Waals surface area (Å²) in [5, 5.41) is 0. The van der Waals surface area contributed by atoms with Crippen LogP contribution in [0.5, 0.6) is 0 Å². The highest BCUT2D eigenvalue weighted by Gasteiger charge is 2.46. The predicted octanol–water partition coefficient (Wildman–Crippen LogP) is 4.99. The predicted molar refractivity (Wildman–Crippen MR) is 92.5 cm³/mol. The lowest BCUT2D eigenvalue weighted by molar-refractivity contribution is 0.299. The molecule has 1 atom stereocenters. The second-order valence-corrected chi connectivity index (χ2v) is 8.58. The van der Waals surface area contributed by atoms with E-state index in [0.717, 1.165) is 9.87 Å². The molecule has 1 aliphatic carbocycles. The van der Waals surface area contributed by atoms with Crippen LogP contribution < -0.4 is 0 Å². The van der Waals surface area contributed by atoms with Crippen molar-refractivity contribution in [2.45, 2.75) is 50.1 Å². The van der Waals surface area contributed by atoms with Crippen LogP contribution >= 0.6 is 0 Å². The molecule has 152 valence electrons. The molecule has 0 aliphatic heterocycles. The van der Waals surface area contributed by atoms with Crippen LogP contribution in [0.25, 0.3) is 0 Å². The van der Waals surface area contributed by atoms with Gasteiger partial charge in [-0.05, 0) is 31.7 Å². The molecule has 1 saturated carbocycles. The molecule has 0 aromatic heterocycles. The molecule has 2 aromatic rings. The van der Waals surface area contributed by atoms with Gasteiger partial charge < -0.3 is 0 Å². The summed E-state index contributed by atoms with van der Waals surface area (Å²) in [6.45, 7) is 3.53. The SMILES string of the molecule is CCC(c1ccc(C)cc1)N(C1CC1)S(=O)(=O)c1c(F)c(F)c(F)c(F)c1F. The van der Waals surface area contributed by atoms with Gasteiger partial charge in [0.05, 0.1) is 6.04 Å². The first-order valence-corrected chi connectivity index (χ1v) is 10.2. The van der Waals surface area contributed by atoms with Crippen molar-refractivity contribution in [2.75, 3.05) is 0 Å². The minimum Gasteiger partial charge on any atom is -0.207 e. The number of benzene rings is 2. The molecule has 1 fully saturated rings. The van der Waals surface area contributed by atoms with Gasteiger partial charge in [0, 0.05) is 6.04 Å². The Morgan fingerprint density at radius 2 is 1.39 bits per heavy atom. The van der Waals surface area contributed by atoms with Gasteiger partial charge in [0.2, 0.25) is 15.8 Å². The molecule has 0 radical (unpaired) electrons. The van der Waals surface area contributed by atoms with Crippen molar-refractivity contribution >= 4 is 10.0 Å². The van der Waals surface area contributed by atoms with Gasteiger partial charge in [0.25, 0.3) is 0 Å². The third-order valence-corrected chi connectivity index (χ3v) is 6.75. The number of nitrogens with zero attached hydrogens (tertiary/aromatic N) is 1. The number of halogens is 5. The molecule has 0 amide bonds. The smallest absolute Gasteiger partial charge is 0.207 e. The van der Waals surface area contributed by atoms with Crippen molar-refractivity contribution < 1.29 is 30.4 Å². The highest BCUT2D eigenvalue weighted by Crippen LogP contribution is 2.42. The number of aryl methyl sites for hydroxylation is 1. The fourth-order valence-corrected chi connectivity index (χ4v) is 5.27. The third kappa shape index (κ3) is 3.41. The maximum Gasteiger partial charge on any atom is 0.249 e. The lowest BCUT2D eigenvalue weighted by Crippen LogP contribution is -2.38. The van der Waals surface area contributed by atoms with Gasteiger partial charge >= 0.3 is 0 Å². The summed E-state index contributed by atoms with van der Waals surface area (Å²) < 4.78 is 96.2. The molecule has 1 aliphatic rings. The van der Waals surface area contributed by atoms with E-state index in [1.54, 1.807) is 31.2 Å². The van der Waals surface area contributed by atoms with E-state index in [4.69, 9.17) is 0 Å². The third-order valence-electron chi connectivity index (χ3n) is 4.77. The zero-order chi connectivity index (χ0) is 20.8. The summed E-state index contributed by atoms with van der Waals surface area (Å²) in [6.07, 6.45) is 1.14. The van der Waals surface area contributed by atoms with Gasteiger partial charge in [-0.2, -0.15) is 4.31 Å². The molecule has 0 N–H and O–H groups in total. The van der Waals surface area contributed by atoms with Crippen LogP contribution in [0.15, 0.2) is 29.2 Å². The second-order valence-electron chi connectivity index (χ2n) is 6.80. The highest BCUT2D eigenvalue weighted by atomic mass is 32.2. The Kier molecular flexibility index (Phi) is 5.51. The Balaban J connectivity index is 2.19. The highest BCUT2D eigenvalue weighted by molar-refractivity contribution is 7.89. The van der Waals surface area contributed by atoms with E-state index in [0.29, 0.717) is 18.4 Å². The van der Waals surface area contributed by atoms with Crippen molar-refractivity contribution in [2.24, 2.45) is 0 Å². The number of rotatable bonds is 6. The van der Waals surface area contributed by atoms with Crippen LogP contribution in [0.3, 0.4) is 0 Å². The average molecular weight is 419 g/mol. The van der Waals surface area contributed by atoms with Crippen LogP contribution in [0.2, 0.25) is 0 Å². The van der Waals surface area contributed by atoms with E-state index < -0.39 is 56.1 Å². The monoisotopic (exact) mass is 419 g/mol. The van der Waals surface area contributed by atoms with Gasteiger partial charge in [-0.25, -0.2) is 30.4 Å². The lowest BCUT2D eigenvalue weighted by Gasteiger charge is -2.31. The topological polar surface area (TPSA) is 37.4 Å². The molecule has 0 bridgehead atoms. The summed E-state index contributed by atoms with van der Waals surface area (Å²) in [4.78, 5) is -1.80. The first kappa shape index (κ1) is 20.7. The van der Waals surface area contributed by atoms with Gasteiger partial charge in [0.15, 0.2) is 28.2 Å². The number of hydrogen-bond acceptors (Lipinski definition) is 2. The quantitative estimate of drug-likeness (QED) is 0.376. The van der Waals surface area contributed by atoms with Crippen molar-refractivity contribution in [3.05, 3.63) is 64.5 Å². The van der Waals surface area contributed by atoms with Gasteiger partial charge in [-0.3, -0.25) is 0 Å². The largest absolute Gasteiger partial charge is 0.249 e. The summed E-state index contributed by atoms with van der Waals surface area (Å²) in [6, 6.07) is 5.53. The Morgan fingerprint density at radius 3 is 1.82 bits per heavy atom. The van der Waals surface area contributed by atoms with E-state index in [1.165, 1.54) is 0 Å². The van der Waals surface area contributed by atoms with Gasteiger partial charge in [-0.15, -0.1) is 0 Å². The van der Waals surface area contributed by atoms with E-state index in [2.05, 4.69) is 0 Å². The molecular weight excluding hydrogens is 401 g/mol. The fourth-order valence-electron chi connectivity index (χ4n) is 3.22.